The average Bonchev–Trinajstić information content (AvgIpc) is 2.87. The summed E-state index contributed by atoms with van der Waals surface area (Å²) < 4.78 is 49.9. The summed E-state index contributed by atoms with van der Waals surface area (Å²) >= 11 is 0. The maximum absolute atomic E-state index is 12.0. The first-order valence-corrected chi connectivity index (χ1v) is 6.02. The van der Waals surface area contributed by atoms with Crippen LogP contribution in [0, 0.1) is 0 Å². The van der Waals surface area contributed by atoms with Crippen molar-refractivity contribution in [3.8, 4) is 17.1 Å². The molecule has 0 N–H and O–H groups in total. The molecule has 1 aromatic carbocycles. The summed E-state index contributed by atoms with van der Waals surface area (Å²) in [6, 6.07) is 8.09. The van der Waals surface area contributed by atoms with Crippen LogP contribution in [0.5, 0.6) is 5.75 Å². The van der Waals surface area contributed by atoms with E-state index in [1.807, 2.05) is 0 Å². The normalized spacial score (nSPS) is 11.2. The van der Waals surface area contributed by atoms with Crippen molar-refractivity contribution >= 4 is 5.97 Å². The van der Waals surface area contributed by atoms with Crippen molar-refractivity contribution in [2.75, 3.05) is 6.61 Å². The summed E-state index contributed by atoms with van der Waals surface area (Å²) in [5.41, 5.74) is 0.514. The van der Waals surface area contributed by atoms with Gasteiger partial charge in [-0.25, -0.2) is 4.79 Å². The van der Waals surface area contributed by atoms with Crippen LogP contribution in [0.4, 0.5) is 13.2 Å². The number of esters is 1. The maximum Gasteiger partial charge on any atom is 0.573 e. The van der Waals surface area contributed by atoms with Gasteiger partial charge in [0.1, 0.15) is 11.5 Å². The Labute approximate surface area is 118 Å². The third-order valence-corrected chi connectivity index (χ3v) is 2.46. The third kappa shape index (κ3) is 4.01. The van der Waals surface area contributed by atoms with Crippen LogP contribution in [0.2, 0.25) is 0 Å². The first-order valence-electron chi connectivity index (χ1n) is 6.02. The topological polar surface area (TPSA) is 48.7 Å². The largest absolute Gasteiger partial charge is 0.573 e. The van der Waals surface area contributed by atoms with E-state index in [4.69, 9.17) is 9.15 Å². The van der Waals surface area contributed by atoms with Crippen molar-refractivity contribution in [1.82, 2.24) is 0 Å². The molecular formula is C14H11F3O4. The van der Waals surface area contributed by atoms with E-state index >= 15 is 0 Å². The highest BCUT2D eigenvalue weighted by Gasteiger charge is 2.31. The second kappa shape index (κ2) is 5.90. The van der Waals surface area contributed by atoms with Crippen molar-refractivity contribution < 1.29 is 31.9 Å². The Hall–Kier alpha value is -2.44. The average molecular weight is 300 g/mol. The molecule has 0 aliphatic rings. The van der Waals surface area contributed by atoms with Gasteiger partial charge in [-0.3, -0.25) is 0 Å². The summed E-state index contributed by atoms with van der Waals surface area (Å²) in [5.74, 6) is -0.553. The molecule has 0 atom stereocenters. The number of furan rings is 1. The Balaban J connectivity index is 2.14. The van der Waals surface area contributed by atoms with Gasteiger partial charge < -0.3 is 13.9 Å². The van der Waals surface area contributed by atoms with Gasteiger partial charge in [-0.15, -0.1) is 13.2 Å². The highest BCUT2D eigenvalue weighted by molar-refractivity contribution is 5.87. The molecule has 0 spiro atoms. The number of carbonyl (C=O) groups is 1. The van der Waals surface area contributed by atoms with Crippen molar-refractivity contribution in [1.29, 1.82) is 0 Å². The zero-order valence-electron chi connectivity index (χ0n) is 10.9. The number of alkyl halides is 3. The van der Waals surface area contributed by atoms with Gasteiger partial charge in [0.2, 0.25) is 5.76 Å². The smallest absolute Gasteiger partial charge is 0.460 e. The molecule has 0 aliphatic carbocycles. The Bertz CT molecular complexity index is 614. The Kier molecular flexibility index (Phi) is 4.21. The van der Waals surface area contributed by atoms with Gasteiger partial charge in [0.15, 0.2) is 0 Å². The van der Waals surface area contributed by atoms with E-state index < -0.39 is 12.3 Å². The lowest BCUT2D eigenvalue weighted by Crippen LogP contribution is -2.16. The van der Waals surface area contributed by atoms with E-state index in [0.717, 1.165) is 12.1 Å². The summed E-state index contributed by atoms with van der Waals surface area (Å²) in [4.78, 5) is 11.4. The predicted octanol–water partition coefficient (Wildman–Crippen LogP) is 4.02. The fourth-order valence-corrected chi connectivity index (χ4v) is 1.63. The molecule has 4 nitrogen and oxygen atoms in total. The summed E-state index contributed by atoms with van der Waals surface area (Å²) in [7, 11) is 0. The quantitative estimate of drug-likeness (QED) is 0.800. The maximum atomic E-state index is 12.0. The highest BCUT2D eigenvalue weighted by atomic mass is 19.4. The molecule has 21 heavy (non-hydrogen) atoms. The first kappa shape index (κ1) is 15.0. The molecule has 0 amide bonds. The fourth-order valence-electron chi connectivity index (χ4n) is 1.63. The van der Waals surface area contributed by atoms with Crippen LogP contribution < -0.4 is 4.74 Å². The number of halogens is 3. The summed E-state index contributed by atoms with van der Waals surface area (Å²) in [6.45, 7) is 1.89. The lowest BCUT2D eigenvalue weighted by atomic mass is 10.2. The van der Waals surface area contributed by atoms with Crippen LogP contribution in [-0.2, 0) is 4.74 Å². The molecule has 0 unspecified atom stereocenters. The van der Waals surface area contributed by atoms with Crippen LogP contribution in [0.15, 0.2) is 40.8 Å². The van der Waals surface area contributed by atoms with Crippen LogP contribution in [-0.4, -0.2) is 18.9 Å². The standard InChI is InChI=1S/C14H11F3O4/c1-2-19-13(18)12-8-7-11(20-12)9-3-5-10(6-4-9)21-14(15,16)17/h3-8H,2H2,1H3. The molecule has 0 bridgehead atoms. The van der Waals surface area contributed by atoms with E-state index in [0.29, 0.717) is 11.3 Å². The zero-order chi connectivity index (χ0) is 15.5. The second-order valence-electron chi connectivity index (χ2n) is 3.96. The predicted molar refractivity (Wildman–Crippen MR) is 66.8 cm³/mol. The molecule has 0 saturated carbocycles. The lowest BCUT2D eigenvalue weighted by Gasteiger charge is -2.08. The van der Waals surface area contributed by atoms with Crippen LogP contribution in [0.1, 0.15) is 17.5 Å². The van der Waals surface area contributed by atoms with Crippen LogP contribution >= 0.6 is 0 Å². The minimum absolute atomic E-state index is 0.0301. The molecule has 0 saturated heterocycles. The van der Waals surface area contributed by atoms with E-state index in [1.54, 1.807) is 6.92 Å². The fraction of sp³-hybridized carbons (Fsp3) is 0.214. The second-order valence-corrected chi connectivity index (χ2v) is 3.96. The third-order valence-electron chi connectivity index (χ3n) is 2.46. The van der Waals surface area contributed by atoms with Crippen molar-refractivity contribution in [2.24, 2.45) is 0 Å². The number of ether oxygens (including phenoxy) is 2. The Morgan fingerprint density at radius 2 is 1.81 bits per heavy atom. The van der Waals surface area contributed by atoms with Crippen molar-refractivity contribution in [3.05, 3.63) is 42.2 Å². The molecular weight excluding hydrogens is 289 g/mol. The first-order chi connectivity index (χ1) is 9.89. The molecule has 2 rings (SSSR count). The van der Waals surface area contributed by atoms with Crippen molar-refractivity contribution in [2.45, 2.75) is 13.3 Å². The molecule has 112 valence electrons. The SMILES string of the molecule is CCOC(=O)c1ccc(-c2ccc(OC(F)(F)F)cc2)o1. The summed E-state index contributed by atoms with van der Waals surface area (Å²) in [6.07, 6.45) is -4.73. The molecule has 7 heteroatoms. The monoisotopic (exact) mass is 300 g/mol. The van der Waals surface area contributed by atoms with E-state index in [9.17, 15) is 18.0 Å². The number of hydrogen-bond acceptors (Lipinski definition) is 4. The molecule has 0 fully saturated rings. The molecule has 1 aromatic heterocycles. The summed E-state index contributed by atoms with van der Waals surface area (Å²) in [5, 5.41) is 0. The number of carbonyl (C=O) groups excluding carboxylic acids is 1. The van der Waals surface area contributed by atoms with E-state index in [1.165, 1.54) is 24.3 Å². The number of hydrogen-bond donors (Lipinski definition) is 0. The number of rotatable bonds is 4. The van der Waals surface area contributed by atoms with Gasteiger partial charge in [-0.2, -0.15) is 0 Å². The molecule has 0 aliphatic heterocycles. The van der Waals surface area contributed by atoms with Crippen LogP contribution in [0.3, 0.4) is 0 Å². The number of benzene rings is 1. The van der Waals surface area contributed by atoms with E-state index in [-0.39, 0.29) is 18.1 Å². The molecule has 0 radical (unpaired) electrons. The van der Waals surface area contributed by atoms with Crippen molar-refractivity contribution in [3.63, 3.8) is 0 Å². The minimum Gasteiger partial charge on any atom is -0.460 e. The van der Waals surface area contributed by atoms with Gasteiger partial charge in [0.25, 0.3) is 0 Å². The van der Waals surface area contributed by atoms with Gasteiger partial charge >= 0.3 is 12.3 Å². The van der Waals surface area contributed by atoms with Gasteiger partial charge in [0.05, 0.1) is 6.61 Å². The molecule has 1 heterocycles. The Morgan fingerprint density at radius 1 is 1.14 bits per heavy atom. The Morgan fingerprint density at radius 3 is 2.38 bits per heavy atom. The highest BCUT2D eigenvalue weighted by Crippen LogP contribution is 2.27. The van der Waals surface area contributed by atoms with E-state index in [2.05, 4.69) is 4.74 Å². The van der Waals surface area contributed by atoms with Gasteiger partial charge in [-0.05, 0) is 43.3 Å². The minimum atomic E-state index is -4.73. The van der Waals surface area contributed by atoms with Gasteiger partial charge in [-0.1, -0.05) is 0 Å². The molecule has 2 aromatic rings. The van der Waals surface area contributed by atoms with Crippen LogP contribution in [0.25, 0.3) is 11.3 Å². The van der Waals surface area contributed by atoms with Gasteiger partial charge in [0, 0.05) is 5.56 Å². The zero-order valence-corrected chi connectivity index (χ0v) is 10.9. The lowest BCUT2D eigenvalue weighted by molar-refractivity contribution is -0.274.